The van der Waals surface area contributed by atoms with Gasteiger partial charge in [0.25, 0.3) is 0 Å². The van der Waals surface area contributed by atoms with E-state index in [1.807, 2.05) is 26.0 Å². The second kappa shape index (κ2) is 6.10. The second-order valence-corrected chi connectivity index (χ2v) is 6.46. The number of aromatic nitrogens is 1. The molecule has 1 saturated heterocycles. The molecular weight excluding hydrogens is 264 g/mol. The fraction of sp³-hybridized carbons (Fsp3) is 0.688. The SMILES string of the molecule is CC(C)Oc1nc(N2CCN(CC3CC3)CC2)ccc1N. The zero-order valence-corrected chi connectivity index (χ0v) is 13.1. The summed E-state index contributed by atoms with van der Waals surface area (Å²) in [7, 11) is 0. The van der Waals surface area contributed by atoms with Gasteiger partial charge in [-0.05, 0) is 44.7 Å². The van der Waals surface area contributed by atoms with E-state index in [2.05, 4.69) is 14.8 Å². The molecule has 0 amide bonds. The number of anilines is 2. The minimum Gasteiger partial charge on any atom is -0.473 e. The van der Waals surface area contributed by atoms with Gasteiger partial charge in [0.2, 0.25) is 5.88 Å². The van der Waals surface area contributed by atoms with Crippen LogP contribution < -0.4 is 15.4 Å². The number of nitrogens with zero attached hydrogens (tertiary/aromatic N) is 3. The van der Waals surface area contributed by atoms with Gasteiger partial charge in [0.15, 0.2) is 0 Å². The summed E-state index contributed by atoms with van der Waals surface area (Å²) >= 11 is 0. The van der Waals surface area contributed by atoms with Gasteiger partial charge < -0.3 is 15.4 Å². The van der Waals surface area contributed by atoms with Gasteiger partial charge in [-0.15, -0.1) is 0 Å². The summed E-state index contributed by atoms with van der Waals surface area (Å²) in [5, 5.41) is 0. The van der Waals surface area contributed by atoms with Gasteiger partial charge in [-0.1, -0.05) is 0 Å². The van der Waals surface area contributed by atoms with Crippen molar-refractivity contribution in [2.24, 2.45) is 5.92 Å². The van der Waals surface area contributed by atoms with Crippen LogP contribution in [0.15, 0.2) is 12.1 Å². The third-order valence-corrected chi connectivity index (χ3v) is 4.13. The van der Waals surface area contributed by atoms with Crippen LogP contribution in [0.2, 0.25) is 0 Å². The molecule has 1 aliphatic heterocycles. The highest BCUT2D eigenvalue weighted by Crippen LogP contribution is 2.30. The Morgan fingerprint density at radius 3 is 2.57 bits per heavy atom. The molecule has 116 valence electrons. The van der Waals surface area contributed by atoms with Gasteiger partial charge in [0.1, 0.15) is 5.82 Å². The molecule has 1 aliphatic carbocycles. The quantitative estimate of drug-likeness (QED) is 0.898. The molecule has 1 aromatic rings. The standard InChI is InChI=1S/C16H26N4O/c1-12(2)21-16-14(17)5-6-15(18-16)20-9-7-19(8-10-20)11-13-3-4-13/h5-6,12-13H,3-4,7-11,17H2,1-2H3. The average molecular weight is 290 g/mol. The number of ether oxygens (including phenoxy) is 1. The van der Waals surface area contributed by atoms with Crippen molar-refractivity contribution in [1.82, 2.24) is 9.88 Å². The van der Waals surface area contributed by atoms with Crippen LogP contribution >= 0.6 is 0 Å². The first-order valence-corrected chi connectivity index (χ1v) is 8.02. The predicted octanol–water partition coefficient (Wildman–Crippen LogP) is 1.98. The lowest BCUT2D eigenvalue weighted by Gasteiger charge is -2.35. The zero-order chi connectivity index (χ0) is 14.8. The lowest BCUT2D eigenvalue weighted by atomic mass is 10.2. The summed E-state index contributed by atoms with van der Waals surface area (Å²) in [4.78, 5) is 9.50. The Hall–Kier alpha value is -1.49. The van der Waals surface area contributed by atoms with Crippen molar-refractivity contribution in [3.05, 3.63) is 12.1 Å². The van der Waals surface area contributed by atoms with E-state index in [4.69, 9.17) is 10.5 Å². The summed E-state index contributed by atoms with van der Waals surface area (Å²) < 4.78 is 5.69. The largest absolute Gasteiger partial charge is 0.473 e. The summed E-state index contributed by atoms with van der Waals surface area (Å²) in [5.74, 6) is 2.51. The van der Waals surface area contributed by atoms with Crippen molar-refractivity contribution in [3.63, 3.8) is 0 Å². The number of nitrogen functional groups attached to an aromatic ring is 1. The highest BCUT2D eigenvalue weighted by Gasteiger charge is 2.26. The van der Waals surface area contributed by atoms with Gasteiger partial charge >= 0.3 is 0 Å². The molecule has 3 rings (SSSR count). The maximum atomic E-state index is 5.94. The first-order valence-electron chi connectivity index (χ1n) is 8.02. The van der Waals surface area contributed by atoms with Crippen molar-refractivity contribution < 1.29 is 4.74 Å². The number of hydrogen-bond acceptors (Lipinski definition) is 5. The van der Waals surface area contributed by atoms with Crippen LogP contribution in [0.1, 0.15) is 26.7 Å². The highest BCUT2D eigenvalue weighted by molar-refractivity contribution is 5.54. The van der Waals surface area contributed by atoms with Crippen molar-refractivity contribution in [2.45, 2.75) is 32.8 Å². The Morgan fingerprint density at radius 2 is 1.95 bits per heavy atom. The molecule has 0 unspecified atom stereocenters. The normalized spacial score (nSPS) is 20.0. The fourth-order valence-electron chi connectivity index (χ4n) is 2.76. The Bertz CT molecular complexity index is 479. The molecule has 0 aromatic carbocycles. The number of piperazine rings is 1. The summed E-state index contributed by atoms with van der Waals surface area (Å²) in [6, 6.07) is 3.90. The van der Waals surface area contributed by atoms with Gasteiger partial charge in [-0.25, -0.2) is 0 Å². The van der Waals surface area contributed by atoms with E-state index in [9.17, 15) is 0 Å². The summed E-state index contributed by atoms with van der Waals surface area (Å²) in [6.45, 7) is 9.58. The number of nitrogens with two attached hydrogens (primary N) is 1. The minimum absolute atomic E-state index is 0.0884. The van der Waals surface area contributed by atoms with Crippen molar-refractivity contribution >= 4 is 11.5 Å². The Kier molecular flexibility index (Phi) is 4.19. The first-order chi connectivity index (χ1) is 10.1. The lowest BCUT2D eigenvalue weighted by Crippen LogP contribution is -2.47. The molecule has 0 atom stereocenters. The van der Waals surface area contributed by atoms with E-state index in [1.54, 1.807) is 0 Å². The monoisotopic (exact) mass is 290 g/mol. The van der Waals surface area contributed by atoms with Crippen LogP contribution in [0.4, 0.5) is 11.5 Å². The van der Waals surface area contributed by atoms with E-state index < -0.39 is 0 Å². The van der Waals surface area contributed by atoms with Gasteiger partial charge in [0, 0.05) is 32.7 Å². The maximum Gasteiger partial charge on any atom is 0.239 e. The molecular formula is C16H26N4O. The van der Waals surface area contributed by atoms with Crippen molar-refractivity contribution in [3.8, 4) is 5.88 Å². The first kappa shape index (κ1) is 14.4. The molecule has 0 spiro atoms. The number of pyridine rings is 1. The van der Waals surface area contributed by atoms with Crippen LogP contribution in [-0.2, 0) is 0 Å². The summed E-state index contributed by atoms with van der Waals surface area (Å²) in [6.07, 6.45) is 2.94. The lowest BCUT2D eigenvalue weighted by molar-refractivity contribution is 0.232. The smallest absolute Gasteiger partial charge is 0.239 e. The van der Waals surface area contributed by atoms with E-state index in [1.165, 1.54) is 19.4 Å². The van der Waals surface area contributed by atoms with Crippen LogP contribution in [0.5, 0.6) is 5.88 Å². The fourth-order valence-corrected chi connectivity index (χ4v) is 2.76. The number of hydrogen-bond donors (Lipinski definition) is 1. The third kappa shape index (κ3) is 3.79. The van der Waals surface area contributed by atoms with Crippen LogP contribution in [0, 0.1) is 5.92 Å². The molecule has 2 aliphatic rings. The molecule has 0 radical (unpaired) electrons. The molecule has 1 saturated carbocycles. The van der Waals surface area contributed by atoms with Crippen LogP contribution in [0.25, 0.3) is 0 Å². The minimum atomic E-state index is 0.0884. The number of rotatable bonds is 5. The van der Waals surface area contributed by atoms with Crippen LogP contribution in [0.3, 0.4) is 0 Å². The molecule has 2 heterocycles. The third-order valence-electron chi connectivity index (χ3n) is 4.13. The topological polar surface area (TPSA) is 54.6 Å². The van der Waals surface area contributed by atoms with Gasteiger partial charge in [-0.2, -0.15) is 4.98 Å². The average Bonchev–Trinajstić information content (AvgIpc) is 3.26. The highest BCUT2D eigenvalue weighted by atomic mass is 16.5. The van der Waals surface area contributed by atoms with E-state index in [-0.39, 0.29) is 6.10 Å². The molecule has 5 heteroatoms. The Labute approximate surface area is 127 Å². The van der Waals surface area contributed by atoms with E-state index >= 15 is 0 Å². The molecule has 1 aromatic heterocycles. The van der Waals surface area contributed by atoms with E-state index in [0.29, 0.717) is 11.6 Å². The van der Waals surface area contributed by atoms with Gasteiger partial charge in [0.05, 0.1) is 11.8 Å². The Morgan fingerprint density at radius 1 is 1.24 bits per heavy atom. The molecule has 21 heavy (non-hydrogen) atoms. The van der Waals surface area contributed by atoms with Crippen molar-refractivity contribution in [1.29, 1.82) is 0 Å². The molecule has 5 nitrogen and oxygen atoms in total. The Balaban J connectivity index is 1.61. The molecule has 2 fully saturated rings. The summed E-state index contributed by atoms with van der Waals surface area (Å²) in [5.41, 5.74) is 6.55. The zero-order valence-electron chi connectivity index (χ0n) is 13.1. The molecule has 2 N–H and O–H groups in total. The molecule has 0 bridgehead atoms. The van der Waals surface area contributed by atoms with Crippen molar-refractivity contribution in [2.75, 3.05) is 43.4 Å². The van der Waals surface area contributed by atoms with Gasteiger partial charge in [-0.3, -0.25) is 4.90 Å². The van der Waals surface area contributed by atoms with E-state index in [0.717, 1.165) is 37.9 Å². The second-order valence-electron chi connectivity index (χ2n) is 6.46. The predicted molar refractivity (Wildman–Crippen MR) is 85.8 cm³/mol. The maximum absolute atomic E-state index is 5.94. The van der Waals surface area contributed by atoms with Crippen LogP contribution in [-0.4, -0.2) is 48.7 Å².